The monoisotopic (exact) mass is 340 g/mol. The Kier molecular flexibility index (Phi) is 3.81. The van der Waals surface area contributed by atoms with Gasteiger partial charge < -0.3 is 5.11 Å². The highest BCUT2D eigenvalue weighted by molar-refractivity contribution is 5.30. The highest BCUT2D eigenvalue weighted by Crippen LogP contribution is 2.69. The van der Waals surface area contributed by atoms with Gasteiger partial charge in [0.05, 0.1) is 0 Å². The minimum absolute atomic E-state index is 0.111. The summed E-state index contributed by atoms with van der Waals surface area (Å²) >= 11 is 0. The van der Waals surface area contributed by atoms with E-state index in [0.29, 0.717) is 29.1 Å². The molecule has 0 radical (unpaired) electrons. The van der Waals surface area contributed by atoms with Crippen LogP contribution in [0.3, 0.4) is 0 Å². The lowest BCUT2D eigenvalue weighted by Crippen LogP contribution is -2.58. The third-order valence-corrected chi connectivity index (χ3v) is 9.32. The van der Waals surface area contributed by atoms with E-state index in [4.69, 9.17) is 6.42 Å². The lowest BCUT2D eigenvalue weighted by molar-refractivity contribution is -0.130. The van der Waals surface area contributed by atoms with Gasteiger partial charge in [-0.2, -0.15) is 0 Å². The lowest BCUT2D eigenvalue weighted by atomic mass is 9.42. The van der Waals surface area contributed by atoms with E-state index >= 15 is 0 Å². The van der Waals surface area contributed by atoms with Gasteiger partial charge in [0, 0.05) is 5.41 Å². The van der Waals surface area contributed by atoms with E-state index in [0.717, 1.165) is 31.1 Å². The summed E-state index contributed by atoms with van der Waals surface area (Å²) in [5.41, 5.74) is 1.12. The van der Waals surface area contributed by atoms with Crippen LogP contribution < -0.4 is 0 Å². The molecular formula is C24H36O. The first-order chi connectivity index (χ1) is 11.7. The van der Waals surface area contributed by atoms with Crippen LogP contribution in [-0.4, -0.2) is 10.7 Å². The van der Waals surface area contributed by atoms with Crippen molar-refractivity contribution in [2.75, 3.05) is 0 Å². The molecule has 4 rings (SSSR count). The molecule has 0 heterocycles. The molecule has 0 aromatic heterocycles. The second-order valence-corrected chi connectivity index (χ2v) is 10.7. The fraction of sp³-hybridized carbons (Fsp3) is 0.833. The third kappa shape index (κ3) is 2.13. The van der Waals surface area contributed by atoms with Gasteiger partial charge in [-0.15, -0.1) is 6.42 Å². The van der Waals surface area contributed by atoms with E-state index in [9.17, 15) is 5.11 Å². The summed E-state index contributed by atoms with van der Waals surface area (Å²) in [5.74, 6) is 6.92. The topological polar surface area (TPSA) is 20.2 Å². The number of allylic oxidation sites excluding steroid dienone is 2. The average molecular weight is 341 g/mol. The summed E-state index contributed by atoms with van der Waals surface area (Å²) in [7, 11) is 0. The summed E-state index contributed by atoms with van der Waals surface area (Å²) in [5, 5.41) is 11.2. The van der Waals surface area contributed by atoms with E-state index in [1.165, 1.54) is 19.3 Å². The van der Waals surface area contributed by atoms with Crippen LogP contribution in [0.15, 0.2) is 11.6 Å². The molecule has 3 saturated carbocycles. The third-order valence-electron chi connectivity index (χ3n) is 9.32. The van der Waals surface area contributed by atoms with E-state index < -0.39 is 5.60 Å². The maximum Gasteiger partial charge on any atom is 0.130 e. The van der Waals surface area contributed by atoms with Crippen molar-refractivity contribution in [1.29, 1.82) is 0 Å². The average Bonchev–Trinajstić information content (AvgIpc) is 2.81. The molecular weight excluding hydrogens is 304 g/mol. The molecule has 0 saturated heterocycles. The Labute approximate surface area is 154 Å². The first-order valence-electron chi connectivity index (χ1n) is 10.6. The predicted molar refractivity (Wildman–Crippen MR) is 104 cm³/mol. The number of hydrogen-bond acceptors (Lipinski definition) is 1. The number of aliphatic hydroxyl groups is 1. The Morgan fingerprint density at radius 1 is 1.16 bits per heavy atom. The van der Waals surface area contributed by atoms with Gasteiger partial charge in [0.2, 0.25) is 0 Å². The Morgan fingerprint density at radius 2 is 1.88 bits per heavy atom. The predicted octanol–water partition coefficient (Wildman–Crippen LogP) is 5.44. The van der Waals surface area contributed by atoms with Gasteiger partial charge in [0.15, 0.2) is 0 Å². The van der Waals surface area contributed by atoms with Crippen molar-refractivity contribution in [2.24, 2.45) is 46.3 Å². The fourth-order valence-corrected chi connectivity index (χ4v) is 8.11. The molecule has 1 heteroatoms. The molecule has 25 heavy (non-hydrogen) atoms. The molecule has 138 valence electrons. The fourth-order valence-electron chi connectivity index (χ4n) is 8.11. The van der Waals surface area contributed by atoms with Crippen molar-refractivity contribution in [3.63, 3.8) is 0 Å². The van der Waals surface area contributed by atoms with Gasteiger partial charge in [-0.3, -0.25) is 0 Å². The quantitative estimate of drug-likeness (QED) is 0.460. The highest BCUT2D eigenvalue weighted by Gasteiger charge is 2.66. The van der Waals surface area contributed by atoms with Gasteiger partial charge in [-0.05, 0) is 79.4 Å². The number of rotatable bonds is 0. The summed E-state index contributed by atoms with van der Waals surface area (Å²) in [6.45, 7) is 12.2. The first kappa shape index (κ1) is 17.7. The number of fused-ring (bicyclic) bond motifs is 5. The van der Waals surface area contributed by atoms with E-state index in [1.807, 2.05) is 0 Å². The molecule has 1 nitrogen and oxygen atoms in total. The van der Waals surface area contributed by atoms with Gasteiger partial charge in [0.25, 0.3) is 0 Å². The van der Waals surface area contributed by atoms with Crippen molar-refractivity contribution in [1.82, 2.24) is 0 Å². The Bertz CT molecular complexity index is 641. The number of hydrogen-bond donors (Lipinski definition) is 1. The van der Waals surface area contributed by atoms with Crippen LogP contribution in [0.5, 0.6) is 0 Å². The summed E-state index contributed by atoms with van der Waals surface area (Å²) in [6, 6.07) is 0. The maximum absolute atomic E-state index is 11.2. The van der Waals surface area contributed by atoms with Gasteiger partial charge in [0.1, 0.15) is 5.60 Å². The van der Waals surface area contributed by atoms with Crippen molar-refractivity contribution in [2.45, 2.75) is 78.7 Å². The van der Waals surface area contributed by atoms with Crippen molar-refractivity contribution >= 4 is 0 Å². The Hall–Kier alpha value is -0.740. The van der Waals surface area contributed by atoms with Crippen LogP contribution in [0.4, 0.5) is 0 Å². The summed E-state index contributed by atoms with van der Waals surface area (Å²) in [4.78, 5) is 0. The Morgan fingerprint density at radius 3 is 2.56 bits per heavy atom. The minimum Gasteiger partial charge on any atom is -0.377 e. The molecule has 9 atom stereocenters. The smallest absolute Gasteiger partial charge is 0.130 e. The summed E-state index contributed by atoms with van der Waals surface area (Å²) in [6.07, 6.45) is 15.5. The molecule has 1 N–H and O–H groups in total. The van der Waals surface area contributed by atoms with Crippen LogP contribution in [-0.2, 0) is 0 Å². The molecule has 0 spiro atoms. The SMILES string of the molecule is C#CC1(O)CCC2C3C(C)C=C4CC(C)CCC4(C)C3C(C)CC21C. The summed E-state index contributed by atoms with van der Waals surface area (Å²) < 4.78 is 0. The van der Waals surface area contributed by atoms with Gasteiger partial charge in [-0.1, -0.05) is 52.2 Å². The molecule has 0 aromatic rings. The van der Waals surface area contributed by atoms with Crippen molar-refractivity contribution < 1.29 is 5.11 Å². The second-order valence-electron chi connectivity index (χ2n) is 10.7. The van der Waals surface area contributed by atoms with Gasteiger partial charge >= 0.3 is 0 Å². The normalized spacial score (nSPS) is 57.7. The minimum atomic E-state index is -0.900. The van der Waals surface area contributed by atoms with E-state index in [1.54, 1.807) is 5.57 Å². The first-order valence-corrected chi connectivity index (χ1v) is 10.6. The van der Waals surface area contributed by atoms with Crippen LogP contribution in [0.1, 0.15) is 73.1 Å². The number of terminal acetylenes is 1. The molecule has 3 fully saturated rings. The second kappa shape index (κ2) is 5.39. The highest BCUT2D eigenvalue weighted by atomic mass is 16.3. The molecule has 4 aliphatic carbocycles. The Balaban J connectivity index is 1.80. The van der Waals surface area contributed by atoms with Crippen LogP contribution in [0.25, 0.3) is 0 Å². The molecule has 0 bridgehead atoms. The molecule has 4 aliphatic rings. The van der Waals surface area contributed by atoms with Gasteiger partial charge in [-0.25, -0.2) is 0 Å². The molecule has 0 amide bonds. The molecule has 0 aliphatic heterocycles. The van der Waals surface area contributed by atoms with Crippen LogP contribution >= 0.6 is 0 Å². The van der Waals surface area contributed by atoms with Crippen molar-refractivity contribution in [3.8, 4) is 12.3 Å². The van der Waals surface area contributed by atoms with Crippen LogP contribution in [0.2, 0.25) is 0 Å². The zero-order chi connectivity index (χ0) is 18.2. The maximum atomic E-state index is 11.2. The lowest BCUT2D eigenvalue weighted by Gasteiger charge is -2.62. The zero-order valence-corrected chi connectivity index (χ0v) is 16.8. The zero-order valence-electron chi connectivity index (χ0n) is 16.8. The molecule has 9 unspecified atom stereocenters. The van der Waals surface area contributed by atoms with Crippen LogP contribution in [0, 0.1) is 58.7 Å². The van der Waals surface area contributed by atoms with Crippen molar-refractivity contribution in [3.05, 3.63) is 11.6 Å². The van der Waals surface area contributed by atoms with E-state index in [-0.39, 0.29) is 5.41 Å². The van der Waals surface area contributed by atoms with E-state index in [2.05, 4.69) is 46.6 Å². The molecule has 0 aromatic carbocycles. The standard InChI is InChI=1S/C24H36O/c1-7-24(25)11-9-19-20-16(3)13-18-12-15(2)8-10-22(18,5)21(20)17(4)14-23(19,24)6/h1,13,15-17,19-21,25H,8-12,14H2,2-6H3. The largest absolute Gasteiger partial charge is 0.377 e.